The second-order valence-electron chi connectivity index (χ2n) is 4.14. The van der Waals surface area contributed by atoms with Gasteiger partial charge in [-0.15, -0.1) is 0 Å². The Morgan fingerprint density at radius 3 is 2.47 bits per heavy atom. The molecule has 0 unspecified atom stereocenters. The molecular weight excluding hydrogens is 232 g/mol. The number of aromatic nitrogens is 1. The molecule has 0 N–H and O–H groups in total. The maximum Gasteiger partial charge on any atom is 0.123 e. The molecule has 0 radical (unpaired) electrons. The van der Waals surface area contributed by atoms with E-state index in [4.69, 9.17) is 16.9 Å². The van der Waals surface area contributed by atoms with Gasteiger partial charge in [0.1, 0.15) is 11.8 Å². The Kier molecular flexibility index (Phi) is 3.21. The summed E-state index contributed by atoms with van der Waals surface area (Å²) in [6, 6.07) is 12.0. The van der Waals surface area contributed by atoms with Crippen molar-refractivity contribution < 1.29 is 0 Å². The van der Waals surface area contributed by atoms with Gasteiger partial charge in [-0.1, -0.05) is 23.7 Å². The first-order chi connectivity index (χ1) is 8.11. The number of hydrogen-bond acceptors (Lipinski definition) is 1. The fraction of sp³-hybridized carbons (Fsp3) is 0.214. The molecule has 0 amide bonds. The third-order valence-electron chi connectivity index (χ3n) is 2.85. The molecule has 0 aliphatic rings. The minimum absolute atomic E-state index is 0.708. The Labute approximate surface area is 106 Å². The zero-order valence-corrected chi connectivity index (χ0v) is 10.6. The van der Waals surface area contributed by atoms with Gasteiger partial charge in [-0.05, 0) is 43.2 Å². The van der Waals surface area contributed by atoms with Crippen LogP contribution in [-0.2, 0) is 6.54 Å². The van der Waals surface area contributed by atoms with Crippen molar-refractivity contribution in [2.45, 2.75) is 20.4 Å². The van der Waals surface area contributed by atoms with Crippen LogP contribution >= 0.6 is 11.6 Å². The van der Waals surface area contributed by atoms with Crippen molar-refractivity contribution in [2.75, 3.05) is 0 Å². The van der Waals surface area contributed by atoms with Crippen molar-refractivity contribution in [3.05, 3.63) is 57.9 Å². The summed E-state index contributed by atoms with van der Waals surface area (Å²) in [7, 11) is 0. The van der Waals surface area contributed by atoms with Gasteiger partial charge in [0.2, 0.25) is 0 Å². The largest absolute Gasteiger partial charge is 0.332 e. The van der Waals surface area contributed by atoms with E-state index in [9.17, 15) is 0 Å². The highest BCUT2D eigenvalue weighted by molar-refractivity contribution is 6.30. The highest BCUT2D eigenvalue weighted by atomic mass is 35.5. The molecule has 3 heteroatoms. The highest BCUT2D eigenvalue weighted by Crippen LogP contribution is 2.17. The number of rotatable bonds is 2. The van der Waals surface area contributed by atoms with E-state index in [1.54, 1.807) is 0 Å². The molecule has 0 saturated heterocycles. The predicted molar refractivity (Wildman–Crippen MR) is 69.2 cm³/mol. The Bertz CT molecular complexity index is 574. The van der Waals surface area contributed by atoms with Crippen molar-refractivity contribution >= 4 is 11.6 Å². The minimum Gasteiger partial charge on any atom is -0.332 e. The smallest absolute Gasteiger partial charge is 0.123 e. The summed E-state index contributed by atoms with van der Waals surface area (Å²) in [6.07, 6.45) is 0. The van der Waals surface area contributed by atoms with Crippen LogP contribution < -0.4 is 0 Å². The molecular formula is C14H13ClN2. The Hall–Kier alpha value is -1.72. The number of nitriles is 1. The molecule has 0 atom stereocenters. The number of hydrogen-bond donors (Lipinski definition) is 0. The van der Waals surface area contributed by atoms with E-state index in [1.807, 2.05) is 48.7 Å². The summed E-state index contributed by atoms with van der Waals surface area (Å²) in [4.78, 5) is 0. The van der Waals surface area contributed by atoms with Gasteiger partial charge in [0.15, 0.2) is 0 Å². The quantitative estimate of drug-likeness (QED) is 0.792. The van der Waals surface area contributed by atoms with Crippen molar-refractivity contribution in [2.24, 2.45) is 0 Å². The summed E-state index contributed by atoms with van der Waals surface area (Å²) in [5, 5.41) is 9.87. The summed E-state index contributed by atoms with van der Waals surface area (Å²) in [6.45, 7) is 4.69. The predicted octanol–water partition coefficient (Wildman–Crippen LogP) is 3.68. The maximum atomic E-state index is 9.14. The normalized spacial score (nSPS) is 10.2. The number of aryl methyl sites for hydroxylation is 2. The fourth-order valence-corrected chi connectivity index (χ4v) is 2.10. The van der Waals surface area contributed by atoms with Crippen LogP contribution in [0.2, 0.25) is 5.02 Å². The average molecular weight is 245 g/mol. The van der Waals surface area contributed by atoms with Crippen LogP contribution in [0.3, 0.4) is 0 Å². The lowest BCUT2D eigenvalue weighted by molar-refractivity contribution is 0.763. The Balaban J connectivity index is 2.36. The second kappa shape index (κ2) is 4.65. The fourth-order valence-electron chi connectivity index (χ4n) is 1.97. The van der Waals surface area contributed by atoms with Gasteiger partial charge in [0, 0.05) is 17.3 Å². The van der Waals surface area contributed by atoms with Crippen LogP contribution in [0.5, 0.6) is 0 Å². The van der Waals surface area contributed by atoms with Gasteiger partial charge >= 0.3 is 0 Å². The first kappa shape index (κ1) is 11.8. The van der Waals surface area contributed by atoms with E-state index in [1.165, 1.54) is 0 Å². The van der Waals surface area contributed by atoms with E-state index >= 15 is 0 Å². The molecule has 0 bridgehead atoms. The van der Waals surface area contributed by atoms with E-state index < -0.39 is 0 Å². The third-order valence-corrected chi connectivity index (χ3v) is 3.11. The topological polar surface area (TPSA) is 28.7 Å². The Morgan fingerprint density at radius 2 is 1.88 bits per heavy atom. The van der Waals surface area contributed by atoms with E-state index in [2.05, 4.69) is 6.07 Å². The molecule has 0 saturated carbocycles. The molecule has 0 aliphatic heterocycles. The zero-order chi connectivity index (χ0) is 12.4. The van der Waals surface area contributed by atoms with Crippen molar-refractivity contribution in [3.63, 3.8) is 0 Å². The van der Waals surface area contributed by atoms with Crippen LogP contribution in [0.1, 0.15) is 22.5 Å². The lowest BCUT2D eigenvalue weighted by atomic mass is 10.2. The van der Waals surface area contributed by atoms with Gasteiger partial charge < -0.3 is 4.57 Å². The van der Waals surface area contributed by atoms with Crippen LogP contribution in [0.15, 0.2) is 30.3 Å². The van der Waals surface area contributed by atoms with Crippen molar-refractivity contribution in [1.82, 2.24) is 4.57 Å². The molecule has 0 fully saturated rings. The number of halogens is 1. The van der Waals surface area contributed by atoms with Gasteiger partial charge in [0.25, 0.3) is 0 Å². The molecule has 86 valence electrons. The molecule has 1 aromatic carbocycles. The van der Waals surface area contributed by atoms with Crippen molar-refractivity contribution in [3.8, 4) is 6.07 Å². The first-order valence-electron chi connectivity index (χ1n) is 5.43. The summed E-state index contributed by atoms with van der Waals surface area (Å²) < 4.78 is 2.03. The lowest BCUT2D eigenvalue weighted by Gasteiger charge is -2.08. The van der Waals surface area contributed by atoms with Crippen LogP contribution in [0, 0.1) is 25.2 Å². The Morgan fingerprint density at radius 1 is 1.24 bits per heavy atom. The molecule has 2 nitrogen and oxygen atoms in total. The summed E-state index contributed by atoms with van der Waals surface area (Å²) in [5.41, 5.74) is 4.01. The van der Waals surface area contributed by atoms with Crippen molar-refractivity contribution in [1.29, 1.82) is 5.26 Å². The minimum atomic E-state index is 0.708. The standard InChI is InChI=1S/C14H13ClN2/c1-10-7-11(2)17(14(10)8-16)9-12-3-5-13(15)6-4-12/h3-7H,9H2,1-2H3. The first-order valence-corrected chi connectivity index (χ1v) is 5.81. The monoisotopic (exact) mass is 244 g/mol. The van der Waals surface area contributed by atoms with Gasteiger partial charge in [-0.25, -0.2) is 0 Å². The van der Waals surface area contributed by atoms with Gasteiger partial charge in [0.05, 0.1) is 0 Å². The molecule has 1 heterocycles. The summed E-state index contributed by atoms with van der Waals surface area (Å²) >= 11 is 5.85. The second-order valence-corrected chi connectivity index (χ2v) is 4.58. The molecule has 0 aliphatic carbocycles. The molecule has 0 spiro atoms. The summed E-state index contributed by atoms with van der Waals surface area (Å²) in [5.74, 6) is 0. The van der Waals surface area contributed by atoms with E-state index in [-0.39, 0.29) is 0 Å². The van der Waals surface area contributed by atoms with Gasteiger partial charge in [-0.3, -0.25) is 0 Å². The highest BCUT2D eigenvalue weighted by Gasteiger charge is 2.09. The van der Waals surface area contributed by atoms with E-state index in [0.29, 0.717) is 6.54 Å². The molecule has 17 heavy (non-hydrogen) atoms. The zero-order valence-electron chi connectivity index (χ0n) is 9.87. The average Bonchev–Trinajstić information content (AvgIpc) is 2.57. The van der Waals surface area contributed by atoms with Crippen LogP contribution in [0.25, 0.3) is 0 Å². The van der Waals surface area contributed by atoms with Gasteiger partial charge in [-0.2, -0.15) is 5.26 Å². The third kappa shape index (κ3) is 2.35. The SMILES string of the molecule is Cc1cc(C)n(Cc2ccc(Cl)cc2)c1C#N. The molecule has 1 aromatic heterocycles. The molecule has 2 aromatic rings. The van der Waals surface area contributed by atoms with Crippen LogP contribution in [-0.4, -0.2) is 4.57 Å². The lowest BCUT2D eigenvalue weighted by Crippen LogP contribution is -2.04. The number of nitrogens with zero attached hydrogens (tertiary/aromatic N) is 2. The number of benzene rings is 1. The molecule has 2 rings (SSSR count). The maximum absolute atomic E-state index is 9.14. The van der Waals surface area contributed by atoms with Crippen LogP contribution in [0.4, 0.5) is 0 Å². The van der Waals surface area contributed by atoms with E-state index in [0.717, 1.165) is 27.5 Å².